The van der Waals surface area contributed by atoms with Gasteiger partial charge >= 0.3 is 0 Å². The number of rotatable bonds is 3. The van der Waals surface area contributed by atoms with Crippen LogP contribution in [-0.4, -0.2) is 39.4 Å². The lowest BCUT2D eigenvalue weighted by Crippen LogP contribution is -2.55. The van der Waals surface area contributed by atoms with E-state index < -0.39 is 0 Å². The summed E-state index contributed by atoms with van der Waals surface area (Å²) < 4.78 is 3.44. The second-order valence-electron chi connectivity index (χ2n) is 6.41. The molecule has 6 nitrogen and oxygen atoms in total. The Balaban J connectivity index is 2.12. The smallest absolute Gasteiger partial charge is 0.267 e. The predicted octanol–water partition coefficient (Wildman–Crippen LogP) is 1.18. The van der Waals surface area contributed by atoms with Crippen LogP contribution in [-0.2, 0) is 13.5 Å². The van der Waals surface area contributed by atoms with Gasteiger partial charge in [0.2, 0.25) is 0 Å². The minimum Gasteiger partial charge on any atom is -0.363 e. The third-order valence-corrected chi connectivity index (χ3v) is 4.77. The highest BCUT2D eigenvalue weighted by atomic mass is 16.1. The molecular weight excluding hydrogens is 302 g/mol. The van der Waals surface area contributed by atoms with Gasteiger partial charge in [0.25, 0.3) is 5.56 Å². The number of aromatic nitrogens is 3. The zero-order valence-corrected chi connectivity index (χ0v) is 14.8. The Hall–Kier alpha value is -2.26. The zero-order chi connectivity index (χ0) is 17.3. The van der Waals surface area contributed by atoms with Gasteiger partial charge in [0.15, 0.2) is 5.65 Å². The largest absolute Gasteiger partial charge is 0.363 e. The van der Waals surface area contributed by atoms with E-state index in [4.69, 9.17) is 4.98 Å². The van der Waals surface area contributed by atoms with Crippen molar-refractivity contribution >= 4 is 11.3 Å². The zero-order valence-electron chi connectivity index (χ0n) is 14.8. The number of piperazine rings is 1. The summed E-state index contributed by atoms with van der Waals surface area (Å²) in [6, 6.07) is 2.47. The molecule has 6 heteroatoms. The summed E-state index contributed by atoms with van der Waals surface area (Å²) in [6.45, 7) is 7.98. The van der Waals surface area contributed by atoms with Crippen molar-refractivity contribution in [3.8, 4) is 11.8 Å². The molecule has 1 aliphatic rings. The first-order valence-corrected chi connectivity index (χ1v) is 8.53. The van der Waals surface area contributed by atoms with Crippen molar-refractivity contribution in [2.24, 2.45) is 7.05 Å². The van der Waals surface area contributed by atoms with E-state index in [0.717, 1.165) is 36.5 Å². The first kappa shape index (κ1) is 16.6. The van der Waals surface area contributed by atoms with Crippen molar-refractivity contribution in [3.05, 3.63) is 28.3 Å². The fraction of sp³-hybridized carbons (Fsp3) is 0.556. The van der Waals surface area contributed by atoms with E-state index in [1.54, 1.807) is 17.8 Å². The average Bonchev–Trinajstić information content (AvgIpc) is 3.01. The van der Waals surface area contributed by atoms with E-state index in [1.165, 1.54) is 0 Å². The van der Waals surface area contributed by atoms with Crippen LogP contribution in [0.25, 0.3) is 5.65 Å². The molecular formula is C18H25N5O. The average molecular weight is 327 g/mol. The Morgan fingerprint density at radius 3 is 2.96 bits per heavy atom. The maximum atomic E-state index is 12.4. The molecule has 3 rings (SSSR count). The van der Waals surface area contributed by atoms with E-state index in [-0.39, 0.29) is 5.56 Å². The summed E-state index contributed by atoms with van der Waals surface area (Å²) in [5.74, 6) is 5.95. The van der Waals surface area contributed by atoms with Gasteiger partial charge in [0.05, 0.1) is 24.0 Å². The van der Waals surface area contributed by atoms with Crippen molar-refractivity contribution in [3.63, 3.8) is 0 Å². The van der Waals surface area contributed by atoms with Gasteiger partial charge in [0.1, 0.15) is 0 Å². The Bertz CT molecular complexity index is 854. The maximum Gasteiger partial charge on any atom is 0.267 e. The number of aryl methyl sites for hydroxylation is 1. The Kier molecular flexibility index (Phi) is 4.63. The Labute approximate surface area is 142 Å². The monoisotopic (exact) mass is 327 g/mol. The normalized spacial score (nSPS) is 20.9. The molecule has 0 spiro atoms. The lowest BCUT2D eigenvalue weighted by atomic mass is 10.1. The van der Waals surface area contributed by atoms with Crippen LogP contribution in [0.15, 0.2) is 17.1 Å². The van der Waals surface area contributed by atoms with Crippen LogP contribution in [0.4, 0.5) is 5.69 Å². The van der Waals surface area contributed by atoms with Crippen LogP contribution >= 0.6 is 0 Å². The molecule has 1 N–H and O–H groups in total. The lowest BCUT2D eigenvalue weighted by Gasteiger charge is -2.40. The lowest BCUT2D eigenvalue weighted by molar-refractivity contribution is 0.397. The third-order valence-electron chi connectivity index (χ3n) is 4.77. The standard InChI is InChI=1S/C18H25N5O/c1-5-7-8-15-12-23-18(20-15)16(9-17(24)21(23)4)22-11-14(6-2)19-10-13(22)3/h9,12-14,19H,6,8,10-11H2,1-4H3/t13-,14+/m0/s1. The number of hydrogen-bond acceptors (Lipinski definition) is 4. The summed E-state index contributed by atoms with van der Waals surface area (Å²) in [6.07, 6.45) is 3.57. The predicted molar refractivity (Wildman–Crippen MR) is 96.5 cm³/mol. The van der Waals surface area contributed by atoms with Gasteiger partial charge in [-0.15, -0.1) is 5.92 Å². The van der Waals surface area contributed by atoms with Gasteiger partial charge in [-0.3, -0.25) is 4.79 Å². The molecule has 2 aromatic heterocycles. The van der Waals surface area contributed by atoms with E-state index >= 15 is 0 Å². The molecule has 1 saturated heterocycles. The van der Waals surface area contributed by atoms with Crippen molar-refractivity contribution < 1.29 is 0 Å². The van der Waals surface area contributed by atoms with Gasteiger partial charge < -0.3 is 10.2 Å². The molecule has 0 saturated carbocycles. The van der Waals surface area contributed by atoms with Gasteiger partial charge in [-0.05, 0) is 20.3 Å². The van der Waals surface area contributed by atoms with Crippen LogP contribution in [0.5, 0.6) is 0 Å². The summed E-state index contributed by atoms with van der Waals surface area (Å²) in [5, 5.41) is 3.55. The number of fused-ring (bicyclic) bond motifs is 1. The highest BCUT2D eigenvalue weighted by molar-refractivity contribution is 5.69. The number of anilines is 1. The molecule has 128 valence electrons. The van der Waals surface area contributed by atoms with Crippen molar-refractivity contribution in [2.75, 3.05) is 18.0 Å². The van der Waals surface area contributed by atoms with Crippen LogP contribution < -0.4 is 15.8 Å². The van der Waals surface area contributed by atoms with Crippen LogP contribution in [0, 0.1) is 11.8 Å². The van der Waals surface area contributed by atoms with Gasteiger partial charge in [-0.1, -0.05) is 12.8 Å². The summed E-state index contributed by atoms with van der Waals surface area (Å²) in [7, 11) is 1.77. The summed E-state index contributed by atoms with van der Waals surface area (Å²) in [4.78, 5) is 19.5. The maximum absolute atomic E-state index is 12.4. The molecule has 0 unspecified atom stereocenters. The number of hydrogen-bond donors (Lipinski definition) is 1. The summed E-state index contributed by atoms with van der Waals surface area (Å²) >= 11 is 0. The first-order valence-electron chi connectivity index (χ1n) is 8.53. The molecule has 0 aliphatic carbocycles. The van der Waals surface area contributed by atoms with Crippen molar-refractivity contribution in [1.29, 1.82) is 0 Å². The second-order valence-corrected chi connectivity index (χ2v) is 6.41. The topological polar surface area (TPSA) is 54.6 Å². The number of nitrogens with one attached hydrogen (secondary N) is 1. The summed E-state index contributed by atoms with van der Waals surface area (Å²) in [5.41, 5.74) is 2.61. The number of nitrogens with zero attached hydrogens (tertiary/aromatic N) is 4. The molecule has 1 fully saturated rings. The third kappa shape index (κ3) is 2.92. The molecule has 2 atom stereocenters. The highest BCUT2D eigenvalue weighted by Gasteiger charge is 2.27. The minimum absolute atomic E-state index is 0.0261. The molecule has 3 heterocycles. The van der Waals surface area contributed by atoms with E-state index in [0.29, 0.717) is 18.5 Å². The quantitative estimate of drug-likeness (QED) is 0.860. The van der Waals surface area contributed by atoms with E-state index in [1.807, 2.05) is 17.6 Å². The first-order chi connectivity index (χ1) is 11.5. The molecule has 2 aromatic rings. The molecule has 0 radical (unpaired) electrons. The van der Waals surface area contributed by atoms with Crippen LogP contribution in [0.2, 0.25) is 0 Å². The Morgan fingerprint density at radius 1 is 1.46 bits per heavy atom. The van der Waals surface area contributed by atoms with Gasteiger partial charge in [-0.25, -0.2) is 14.2 Å². The van der Waals surface area contributed by atoms with Gasteiger partial charge in [0, 0.05) is 38.3 Å². The molecule has 0 aromatic carbocycles. The molecule has 24 heavy (non-hydrogen) atoms. The fourth-order valence-corrected chi connectivity index (χ4v) is 3.22. The van der Waals surface area contributed by atoms with E-state index in [2.05, 4.69) is 35.9 Å². The molecule has 1 aliphatic heterocycles. The number of imidazole rings is 1. The van der Waals surface area contributed by atoms with E-state index in [9.17, 15) is 4.79 Å². The SMILES string of the molecule is CC#CCc1cn2c(n1)c(N1C[C@@H](CC)NC[C@@H]1C)cc(=O)n2C. The second kappa shape index (κ2) is 6.70. The Morgan fingerprint density at radius 2 is 2.25 bits per heavy atom. The molecule has 0 bridgehead atoms. The van der Waals surface area contributed by atoms with Crippen LogP contribution in [0.1, 0.15) is 32.9 Å². The van der Waals surface area contributed by atoms with Crippen molar-refractivity contribution in [1.82, 2.24) is 19.5 Å². The van der Waals surface area contributed by atoms with Crippen LogP contribution in [0.3, 0.4) is 0 Å². The fourth-order valence-electron chi connectivity index (χ4n) is 3.22. The molecule has 0 amide bonds. The van der Waals surface area contributed by atoms with Crippen molar-refractivity contribution in [2.45, 2.75) is 45.7 Å². The minimum atomic E-state index is -0.0261. The highest BCUT2D eigenvalue weighted by Crippen LogP contribution is 2.24. The van der Waals surface area contributed by atoms with Gasteiger partial charge in [-0.2, -0.15) is 0 Å².